The van der Waals surface area contributed by atoms with Crippen molar-refractivity contribution >= 4 is 9.84 Å². The number of hydrazine groups is 1. The van der Waals surface area contributed by atoms with Crippen LogP contribution in [0.25, 0.3) is 0 Å². The molecule has 0 aliphatic carbocycles. The first kappa shape index (κ1) is 14.1. The zero-order valence-corrected chi connectivity index (χ0v) is 11.0. The Morgan fingerprint density at radius 2 is 2.24 bits per heavy atom. The van der Waals surface area contributed by atoms with Gasteiger partial charge < -0.3 is 0 Å². The van der Waals surface area contributed by atoms with Gasteiger partial charge in [0.2, 0.25) is 0 Å². The lowest BCUT2D eigenvalue weighted by Gasteiger charge is -2.16. The summed E-state index contributed by atoms with van der Waals surface area (Å²) in [4.78, 5) is 4.11. The number of aromatic nitrogens is 1. The van der Waals surface area contributed by atoms with Crippen molar-refractivity contribution in [2.45, 2.75) is 25.8 Å². The van der Waals surface area contributed by atoms with Crippen LogP contribution >= 0.6 is 0 Å². The molecule has 1 rings (SSSR count). The minimum absolute atomic E-state index is 0.0292. The van der Waals surface area contributed by atoms with Gasteiger partial charge in [0.15, 0.2) is 0 Å². The Morgan fingerprint density at radius 1 is 1.53 bits per heavy atom. The number of hydrogen-bond donors (Lipinski definition) is 2. The molecular weight excluding hydrogens is 238 g/mol. The molecule has 1 aromatic rings. The van der Waals surface area contributed by atoms with Gasteiger partial charge in [-0.05, 0) is 37.5 Å². The van der Waals surface area contributed by atoms with Crippen LogP contribution in [0.3, 0.4) is 0 Å². The summed E-state index contributed by atoms with van der Waals surface area (Å²) >= 11 is 0. The predicted octanol–water partition coefficient (Wildman–Crippen LogP) is 0.719. The molecule has 5 nitrogen and oxygen atoms in total. The molecule has 17 heavy (non-hydrogen) atoms. The summed E-state index contributed by atoms with van der Waals surface area (Å²) < 4.78 is 22.1. The van der Waals surface area contributed by atoms with Crippen molar-refractivity contribution in [2.24, 2.45) is 5.84 Å². The lowest BCUT2D eigenvalue weighted by molar-refractivity contribution is 0.507. The van der Waals surface area contributed by atoms with E-state index in [9.17, 15) is 8.42 Å². The summed E-state index contributed by atoms with van der Waals surface area (Å²) in [5, 5.41) is 0. The van der Waals surface area contributed by atoms with Gasteiger partial charge >= 0.3 is 0 Å². The van der Waals surface area contributed by atoms with E-state index in [1.165, 1.54) is 6.26 Å². The third-order valence-electron chi connectivity index (χ3n) is 2.53. The zero-order valence-electron chi connectivity index (χ0n) is 10.2. The fraction of sp³-hybridized carbons (Fsp3) is 0.545. The first-order valence-corrected chi connectivity index (χ1v) is 7.55. The van der Waals surface area contributed by atoms with E-state index >= 15 is 0 Å². The van der Waals surface area contributed by atoms with Gasteiger partial charge in [0.1, 0.15) is 9.84 Å². The molecular formula is C11H19N3O2S. The second-order valence-corrected chi connectivity index (χ2v) is 6.48. The highest BCUT2D eigenvalue weighted by Gasteiger charge is 2.11. The van der Waals surface area contributed by atoms with Crippen LogP contribution in [0.1, 0.15) is 30.1 Å². The molecule has 0 bridgehead atoms. The van der Waals surface area contributed by atoms with E-state index < -0.39 is 9.84 Å². The van der Waals surface area contributed by atoms with Gasteiger partial charge in [-0.15, -0.1) is 0 Å². The van der Waals surface area contributed by atoms with Crippen molar-refractivity contribution in [3.05, 3.63) is 29.6 Å². The molecule has 0 aliphatic heterocycles. The normalized spacial score (nSPS) is 13.6. The maximum Gasteiger partial charge on any atom is 0.147 e. The van der Waals surface area contributed by atoms with Crippen molar-refractivity contribution in [2.75, 3.05) is 12.0 Å². The largest absolute Gasteiger partial charge is 0.271 e. The molecule has 0 fully saturated rings. The van der Waals surface area contributed by atoms with Crippen LogP contribution < -0.4 is 11.3 Å². The van der Waals surface area contributed by atoms with Crippen LogP contribution in [0.2, 0.25) is 0 Å². The Kier molecular flexibility index (Phi) is 5.04. The Bertz CT molecular complexity index is 460. The van der Waals surface area contributed by atoms with Crippen LogP contribution in [-0.2, 0) is 9.84 Å². The summed E-state index contributed by atoms with van der Waals surface area (Å²) in [6.45, 7) is 1.91. The standard InChI is InChI=1S/C11H19N3O2S/c1-9-8-10(5-6-13-9)11(14-12)4-3-7-17(2,15)16/h5-6,8,11,14H,3-4,7,12H2,1-2H3. The molecule has 0 spiro atoms. The van der Waals surface area contributed by atoms with Crippen molar-refractivity contribution < 1.29 is 8.42 Å². The predicted molar refractivity (Wildman–Crippen MR) is 68.0 cm³/mol. The third kappa shape index (κ3) is 5.25. The highest BCUT2D eigenvalue weighted by atomic mass is 32.2. The van der Waals surface area contributed by atoms with Gasteiger partial charge in [0.05, 0.1) is 0 Å². The highest BCUT2D eigenvalue weighted by molar-refractivity contribution is 7.90. The lowest BCUT2D eigenvalue weighted by atomic mass is 10.0. The van der Waals surface area contributed by atoms with E-state index in [1.807, 2.05) is 19.1 Å². The Labute approximate surface area is 102 Å². The first-order chi connectivity index (χ1) is 7.92. The van der Waals surface area contributed by atoms with Crippen molar-refractivity contribution in [1.29, 1.82) is 0 Å². The van der Waals surface area contributed by atoms with Crippen LogP contribution in [0.4, 0.5) is 0 Å². The molecule has 1 atom stereocenters. The Morgan fingerprint density at radius 3 is 2.76 bits per heavy atom. The quantitative estimate of drug-likeness (QED) is 0.579. The molecule has 0 saturated heterocycles. The average Bonchev–Trinajstić information content (AvgIpc) is 2.23. The number of nitrogens with zero attached hydrogens (tertiary/aromatic N) is 1. The molecule has 6 heteroatoms. The van der Waals surface area contributed by atoms with Crippen LogP contribution in [0, 0.1) is 6.92 Å². The summed E-state index contributed by atoms with van der Waals surface area (Å²) in [7, 11) is -2.90. The van der Waals surface area contributed by atoms with E-state index in [0.717, 1.165) is 11.3 Å². The van der Waals surface area contributed by atoms with Crippen LogP contribution in [-0.4, -0.2) is 25.4 Å². The topological polar surface area (TPSA) is 85.1 Å². The lowest BCUT2D eigenvalue weighted by Crippen LogP contribution is -2.28. The first-order valence-electron chi connectivity index (χ1n) is 5.49. The Balaban J connectivity index is 2.60. The second kappa shape index (κ2) is 6.09. The smallest absolute Gasteiger partial charge is 0.147 e. The molecule has 1 aromatic heterocycles. The minimum atomic E-state index is -2.90. The molecule has 0 aliphatic rings. The number of pyridine rings is 1. The number of sulfone groups is 1. The minimum Gasteiger partial charge on any atom is -0.271 e. The molecule has 1 unspecified atom stereocenters. The van der Waals surface area contributed by atoms with E-state index in [1.54, 1.807) is 6.20 Å². The summed E-state index contributed by atoms with van der Waals surface area (Å²) in [6.07, 6.45) is 4.25. The van der Waals surface area contributed by atoms with Gasteiger partial charge in [-0.25, -0.2) is 8.42 Å². The average molecular weight is 257 g/mol. The van der Waals surface area contributed by atoms with Crippen LogP contribution in [0.15, 0.2) is 18.3 Å². The van der Waals surface area contributed by atoms with Crippen LogP contribution in [0.5, 0.6) is 0 Å². The molecule has 0 saturated carbocycles. The monoisotopic (exact) mass is 257 g/mol. The molecule has 0 radical (unpaired) electrons. The SMILES string of the molecule is Cc1cc(C(CCCS(C)(=O)=O)NN)ccn1. The maximum atomic E-state index is 11.0. The number of nitrogens with one attached hydrogen (secondary N) is 1. The van der Waals surface area contributed by atoms with Crippen molar-refractivity contribution in [3.63, 3.8) is 0 Å². The molecule has 96 valence electrons. The highest BCUT2D eigenvalue weighted by Crippen LogP contribution is 2.18. The molecule has 0 amide bonds. The second-order valence-electron chi connectivity index (χ2n) is 4.22. The number of nitrogens with two attached hydrogens (primary N) is 1. The van der Waals surface area contributed by atoms with Gasteiger partial charge in [0, 0.05) is 29.9 Å². The fourth-order valence-corrected chi connectivity index (χ4v) is 2.37. The molecule has 1 heterocycles. The van der Waals surface area contributed by atoms with Gasteiger partial charge in [-0.1, -0.05) is 0 Å². The third-order valence-corrected chi connectivity index (χ3v) is 3.56. The summed E-state index contributed by atoms with van der Waals surface area (Å²) in [5.41, 5.74) is 4.67. The van der Waals surface area contributed by atoms with Gasteiger partial charge in [0.25, 0.3) is 0 Å². The number of aryl methyl sites for hydroxylation is 1. The van der Waals surface area contributed by atoms with Gasteiger partial charge in [-0.2, -0.15) is 0 Å². The van der Waals surface area contributed by atoms with E-state index in [4.69, 9.17) is 5.84 Å². The van der Waals surface area contributed by atoms with E-state index in [-0.39, 0.29) is 11.8 Å². The summed E-state index contributed by atoms with van der Waals surface area (Å²) in [5.74, 6) is 5.67. The summed E-state index contributed by atoms with van der Waals surface area (Å²) in [6, 6.07) is 3.81. The van der Waals surface area contributed by atoms with Gasteiger partial charge in [-0.3, -0.25) is 16.3 Å². The molecule has 3 N–H and O–H groups in total. The number of rotatable bonds is 6. The number of hydrogen-bond acceptors (Lipinski definition) is 5. The zero-order chi connectivity index (χ0) is 12.9. The fourth-order valence-electron chi connectivity index (χ4n) is 1.68. The molecule has 0 aromatic carbocycles. The Hall–Kier alpha value is -0.980. The van der Waals surface area contributed by atoms with E-state index in [2.05, 4.69) is 10.4 Å². The van der Waals surface area contributed by atoms with Crippen molar-refractivity contribution in [3.8, 4) is 0 Å². The van der Waals surface area contributed by atoms with Crippen molar-refractivity contribution in [1.82, 2.24) is 10.4 Å². The maximum absolute atomic E-state index is 11.0. The van der Waals surface area contributed by atoms with E-state index in [0.29, 0.717) is 12.8 Å².